The smallest absolute Gasteiger partial charge is 0.372 e. The van der Waals surface area contributed by atoms with Gasteiger partial charge in [0.2, 0.25) is 0 Å². The number of nitrogens with two attached hydrogens (primary N) is 1. The zero-order valence-corrected chi connectivity index (χ0v) is 14.9. The Labute approximate surface area is 155 Å². The maximum absolute atomic E-state index is 12.8. The first-order valence-electron chi connectivity index (χ1n) is 8.54. The summed E-state index contributed by atoms with van der Waals surface area (Å²) in [5.74, 6) is -1.18. The van der Waals surface area contributed by atoms with E-state index in [1.54, 1.807) is 0 Å². The second-order valence-electron chi connectivity index (χ2n) is 6.49. The van der Waals surface area contributed by atoms with E-state index in [1.165, 1.54) is 0 Å². The van der Waals surface area contributed by atoms with E-state index in [1.807, 2.05) is 47.4 Å². The van der Waals surface area contributed by atoms with E-state index < -0.39 is 12.1 Å². The Balaban J connectivity index is 1.61. The van der Waals surface area contributed by atoms with E-state index in [2.05, 4.69) is 5.32 Å². The molecule has 3 N–H and O–H groups in total. The van der Waals surface area contributed by atoms with Crippen molar-refractivity contribution in [2.45, 2.75) is 25.6 Å². The van der Waals surface area contributed by atoms with Gasteiger partial charge in [0.1, 0.15) is 0 Å². The van der Waals surface area contributed by atoms with Crippen molar-refractivity contribution in [2.75, 3.05) is 23.3 Å². The lowest BCUT2D eigenvalue weighted by atomic mass is 9.96. The van der Waals surface area contributed by atoms with Crippen LogP contribution in [0.1, 0.15) is 18.4 Å². The second-order valence-corrected chi connectivity index (χ2v) is 6.89. The largest absolute Gasteiger partial charge is 0.391 e. The third-order valence-corrected chi connectivity index (χ3v) is 5.10. The van der Waals surface area contributed by atoms with Crippen molar-refractivity contribution in [1.29, 1.82) is 0 Å². The number of rotatable bonds is 4. The van der Waals surface area contributed by atoms with Gasteiger partial charge >= 0.3 is 6.18 Å². The quantitative estimate of drug-likeness (QED) is 0.750. The molecule has 0 aromatic heterocycles. The van der Waals surface area contributed by atoms with Crippen molar-refractivity contribution in [3.8, 4) is 0 Å². The molecule has 0 aliphatic carbocycles. The minimum Gasteiger partial charge on any atom is -0.372 e. The molecular formula is C19H21ClF3N3. The molecule has 0 unspecified atom stereocenters. The Kier molecular flexibility index (Phi) is 5.63. The van der Waals surface area contributed by atoms with Crippen LogP contribution in [0.15, 0.2) is 42.5 Å². The fourth-order valence-corrected chi connectivity index (χ4v) is 3.44. The van der Waals surface area contributed by atoms with Gasteiger partial charge in [-0.3, -0.25) is 0 Å². The van der Waals surface area contributed by atoms with E-state index in [9.17, 15) is 13.2 Å². The fraction of sp³-hybridized carbons (Fsp3) is 0.368. The number of halogens is 4. The highest BCUT2D eigenvalue weighted by Gasteiger charge is 2.41. The van der Waals surface area contributed by atoms with Crippen LogP contribution in [0, 0.1) is 5.92 Å². The van der Waals surface area contributed by atoms with Crippen LogP contribution in [0.3, 0.4) is 0 Å². The van der Waals surface area contributed by atoms with E-state index >= 15 is 0 Å². The van der Waals surface area contributed by atoms with Crippen LogP contribution in [0.25, 0.3) is 0 Å². The van der Waals surface area contributed by atoms with Gasteiger partial charge in [-0.1, -0.05) is 17.7 Å². The van der Waals surface area contributed by atoms with Crippen molar-refractivity contribution < 1.29 is 13.2 Å². The van der Waals surface area contributed by atoms with E-state index in [0.717, 1.165) is 22.6 Å². The topological polar surface area (TPSA) is 41.3 Å². The lowest BCUT2D eigenvalue weighted by Gasteiger charge is -2.34. The average molecular weight is 384 g/mol. The van der Waals surface area contributed by atoms with Gasteiger partial charge in [0.05, 0.1) is 5.92 Å². The molecule has 3 rings (SSSR count). The Morgan fingerprint density at radius 2 is 1.65 bits per heavy atom. The summed E-state index contributed by atoms with van der Waals surface area (Å²) in [6.07, 6.45) is -3.79. The number of nitrogens with zero attached hydrogens (tertiary/aromatic N) is 1. The van der Waals surface area contributed by atoms with Gasteiger partial charge in [0.15, 0.2) is 0 Å². The standard InChI is InChI=1S/C19H21ClF3N3/c20-18-11-16(2-1-13(18)12-24)25-15-3-5-17(6-4-15)26-9-7-14(8-10-26)19(21,22)23/h1-6,11,14,25H,7-10,12,24H2. The van der Waals surface area contributed by atoms with E-state index in [-0.39, 0.29) is 12.8 Å². The van der Waals surface area contributed by atoms with Crippen molar-refractivity contribution in [1.82, 2.24) is 0 Å². The molecule has 2 aromatic rings. The third-order valence-electron chi connectivity index (χ3n) is 4.75. The second kappa shape index (κ2) is 7.76. The van der Waals surface area contributed by atoms with Crippen LogP contribution in [-0.2, 0) is 6.54 Å². The van der Waals surface area contributed by atoms with Crippen LogP contribution >= 0.6 is 11.6 Å². The zero-order valence-electron chi connectivity index (χ0n) is 14.2. The molecule has 26 heavy (non-hydrogen) atoms. The molecule has 1 heterocycles. The van der Waals surface area contributed by atoms with E-state index in [4.69, 9.17) is 17.3 Å². The van der Waals surface area contributed by atoms with Gasteiger partial charge in [-0.05, 0) is 54.8 Å². The molecule has 0 amide bonds. The number of benzene rings is 2. The van der Waals surface area contributed by atoms with Gasteiger partial charge < -0.3 is 16.0 Å². The monoisotopic (exact) mass is 383 g/mol. The Morgan fingerprint density at radius 3 is 2.19 bits per heavy atom. The number of hydrogen-bond donors (Lipinski definition) is 2. The summed E-state index contributed by atoms with van der Waals surface area (Å²) in [6.45, 7) is 1.24. The number of alkyl halides is 3. The van der Waals surface area contributed by atoms with Gasteiger partial charge in [0, 0.05) is 41.7 Å². The Bertz CT molecular complexity index is 739. The van der Waals surface area contributed by atoms with Crippen LogP contribution in [0.2, 0.25) is 5.02 Å². The zero-order chi connectivity index (χ0) is 18.7. The third kappa shape index (κ3) is 4.43. The first kappa shape index (κ1) is 18.9. The molecule has 3 nitrogen and oxygen atoms in total. The summed E-state index contributed by atoms with van der Waals surface area (Å²) in [4.78, 5) is 2.00. The van der Waals surface area contributed by atoms with Gasteiger partial charge in [-0.25, -0.2) is 0 Å². The molecule has 1 aliphatic rings. The summed E-state index contributed by atoms with van der Waals surface area (Å²) < 4.78 is 38.3. The van der Waals surface area contributed by atoms with Crippen LogP contribution in [-0.4, -0.2) is 19.3 Å². The minimum atomic E-state index is -4.08. The summed E-state index contributed by atoms with van der Waals surface area (Å²) in [6, 6.07) is 13.3. The molecule has 140 valence electrons. The maximum atomic E-state index is 12.8. The van der Waals surface area contributed by atoms with Gasteiger partial charge in [-0.2, -0.15) is 13.2 Å². The minimum absolute atomic E-state index is 0.148. The van der Waals surface area contributed by atoms with Gasteiger partial charge in [0.25, 0.3) is 0 Å². The van der Waals surface area contributed by atoms with Crippen LogP contribution in [0.5, 0.6) is 0 Å². The first-order valence-corrected chi connectivity index (χ1v) is 8.92. The normalized spacial score (nSPS) is 16.0. The van der Waals surface area contributed by atoms with Gasteiger partial charge in [-0.15, -0.1) is 0 Å². The van der Waals surface area contributed by atoms with Crippen molar-refractivity contribution in [3.05, 3.63) is 53.1 Å². The SMILES string of the molecule is NCc1ccc(Nc2ccc(N3CCC(C(F)(F)F)CC3)cc2)cc1Cl. The predicted molar refractivity (Wildman–Crippen MR) is 100 cm³/mol. The van der Waals surface area contributed by atoms with Crippen molar-refractivity contribution in [2.24, 2.45) is 11.7 Å². The summed E-state index contributed by atoms with van der Waals surface area (Å²) in [7, 11) is 0. The molecule has 1 aliphatic heterocycles. The number of hydrogen-bond acceptors (Lipinski definition) is 3. The maximum Gasteiger partial charge on any atom is 0.391 e. The molecule has 0 bridgehead atoms. The molecule has 0 spiro atoms. The van der Waals surface area contributed by atoms with E-state index in [0.29, 0.717) is 24.7 Å². The molecule has 7 heteroatoms. The van der Waals surface area contributed by atoms with Crippen LogP contribution < -0.4 is 16.0 Å². The lowest BCUT2D eigenvalue weighted by molar-refractivity contribution is -0.179. The number of piperidine rings is 1. The summed E-state index contributed by atoms with van der Waals surface area (Å²) >= 11 is 6.16. The highest BCUT2D eigenvalue weighted by molar-refractivity contribution is 6.31. The molecule has 0 saturated carbocycles. The lowest BCUT2D eigenvalue weighted by Crippen LogP contribution is -2.38. The predicted octanol–water partition coefficient (Wildman–Crippen LogP) is 5.32. The van der Waals surface area contributed by atoms with Crippen molar-refractivity contribution >= 4 is 28.7 Å². The number of nitrogens with one attached hydrogen (secondary N) is 1. The molecule has 0 radical (unpaired) electrons. The molecule has 2 aromatic carbocycles. The Hall–Kier alpha value is -1.92. The molecule has 1 fully saturated rings. The summed E-state index contributed by atoms with van der Waals surface area (Å²) in [5, 5.41) is 3.87. The fourth-order valence-electron chi connectivity index (χ4n) is 3.18. The van der Waals surface area contributed by atoms with Crippen molar-refractivity contribution in [3.63, 3.8) is 0 Å². The Morgan fingerprint density at radius 1 is 1.04 bits per heavy atom. The van der Waals surface area contributed by atoms with Crippen LogP contribution in [0.4, 0.5) is 30.2 Å². The highest BCUT2D eigenvalue weighted by Crippen LogP contribution is 2.35. The molecule has 1 saturated heterocycles. The first-order chi connectivity index (χ1) is 12.4. The highest BCUT2D eigenvalue weighted by atomic mass is 35.5. The summed E-state index contributed by atoms with van der Waals surface area (Å²) in [5.41, 5.74) is 9.16. The molecular weight excluding hydrogens is 363 g/mol. The average Bonchev–Trinajstić information content (AvgIpc) is 2.62. The number of anilines is 3. The molecule has 0 atom stereocenters.